The molecule has 7 atom stereocenters. The van der Waals surface area contributed by atoms with E-state index in [-0.39, 0.29) is 95.3 Å². The Hall–Kier alpha value is -8.06. The Bertz CT molecular complexity index is 3460. The van der Waals surface area contributed by atoms with Gasteiger partial charge in [-0.2, -0.15) is 0 Å². The number of halogens is 5. The maximum Gasteiger partial charge on any atom is 0.407 e. The van der Waals surface area contributed by atoms with E-state index in [1.54, 1.807) is 49.6 Å². The zero-order valence-corrected chi connectivity index (χ0v) is 50.1. The van der Waals surface area contributed by atoms with Crippen LogP contribution >= 0.6 is 0 Å². The minimum absolute atomic E-state index is 0.0101. The monoisotopic (exact) mass is 1210 g/mol. The van der Waals surface area contributed by atoms with Crippen molar-refractivity contribution in [3.63, 3.8) is 0 Å². The van der Waals surface area contributed by atoms with E-state index in [0.29, 0.717) is 68.6 Å². The van der Waals surface area contributed by atoms with Gasteiger partial charge >= 0.3 is 18.2 Å². The molecule has 20 nitrogen and oxygen atoms in total. The lowest BCUT2D eigenvalue weighted by Crippen LogP contribution is -2.54. The first-order valence-corrected chi connectivity index (χ1v) is 29.6. The van der Waals surface area contributed by atoms with Gasteiger partial charge in [0.25, 0.3) is 0 Å². The topological polar surface area (TPSA) is 232 Å². The van der Waals surface area contributed by atoms with Crippen molar-refractivity contribution in [1.82, 2.24) is 40.0 Å². The number of aromatic nitrogens is 4. The summed E-state index contributed by atoms with van der Waals surface area (Å²) >= 11 is 0. The SMILES string of the molecule is CCCN(Cc1nc2cc(C3CC[C@H](c4cc5nc(C6CCCN6C(=O)C(NC(=O)OC)C(C)OC)n(COC(=O)[C@@H](N)C(C)C)c5cc4F)N3c3cc(F)c(N4CCC(c5ccc(F)cc5)CC4)c(F)c3)c(F)cc2[nH]1)C(=O)[C@H](CC)NC(=O)OC. The lowest BCUT2D eigenvalue weighted by atomic mass is 9.89. The van der Waals surface area contributed by atoms with Gasteiger partial charge in [0, 0.05) is 56.2 Å². The molecule has 0 bridgehead atoms. The molecule has 87 heavy (non-hydrogen) atoms. The highest BCUT2D eigenvalue weighted by Gasteiger charge is 2.43. The van der Waals surface area contributed by atoms with Crippen molar-refractivity contribution in [3.05, 3.63) is 118 Å². The number of rotatable bonds is 21. The minimum atomic E-state index is -1.19. The number of aromatic amines is 1. The molecule has 5 N–H and O–H groups in total. The average Bonchev–Trinajstić information content (AvgIpc) is 1.81. The first kappa shape index (κ1) is 63.4. The fourth-order valence-electron chi connectivity index (χ4n) is 12.4. The van der Waals surface area contributed by atoms with Gasteiger partial charge in [-0.05, 0) is 118 Å². The smallest absolute Gasteiger partial charge is 0.407 e. The number of likely N-dealkylation sites (tertiary alicyclic amines) is 1. The van der Waals surface area contributed by atoms with E-state index in [4.69, 9.17) is 34.6 Å². The van der Waals surface area contributed by atoms with E-state index in [0.717, 1.165) is 12.7 Å². The molecule has 0 radical (unpaired) electrons. The van der Waals surface area contributed by atoms with E-state index >= 15 is 17.6 Å². The van der Waals surface area contributed by atoms with E-state index in [9.17, 15) is 28.4 Å². The van der Waals surface area contributed by atoms with Gasteiger partial charge in [0.1, 0.15) is 52.9 Å². The van der Waals surface area contributed by atoms with Gasteiger partial charge in [0.2, 0.25) is 11.8 Å². The number of methoxy groups -OCH3 is 3. The summed E-state index contributed by atoms with van der Waals surface area (Å²) < 4.78 is 105. The molecule has 0 saturated carbocycles. The maximum absolute atomic E-state index is 17.6. The highest BCUT2D eigenvalue weighted by atomic mass is 19.1. The number of nitrogens with one attached hydrogen (secondary N) is 3. The number of imidazole rings is 2. The van der Waals surface area contributed by atoms with Crippen molar-refractivity contribution in [2.24, 2.45) is 11.7 Å². The highest BCUT2D eigenvalue weighted by molar-refractivity contribution is 5.88. The van der Waals surface area contributed by atoms with Crippen LogP contribution in [0.3, 0.4) is 0 Å². The maximum atomic E-state index is 17.6. The second-order valence-corrected chi connectivity index (χ2v) is 22.9. The summed E-state index contributed by atoms with van der Waals surface area (Å²) in [5.74, 6) is -4.99. The van der Waals surface area contributed by atoms with E-state index in [1.807, 2.05) is 6.92 Å². The van der Waals surface area contributed by atoms with E-state index in [1.165, 1.54) is 77.1 Å². The molecule has 25 heteroatoms. The zero-order valence-electron chi connectivity index (χ0n) is 50.1. The summed E-state index contributed by atoms with van der Waals surface area (Å²) in [6.07, 6.45) is 0.651. The van der Waals surface area contributed by atoms with Gasteiger partial charge in [-0.1, -0.05) is 39.8 Å². The predicted octanol–water partition coefficient (Wildman–Crippen LogP) is 9.86. The van der Waals surface area contributed by atoms with Crippen molar-refractivity contribution < 1.29 is 64.9 Å². The molecule has 4 unspecified atom stereocenters. The lowest BCUT2D eigenvalue weighted by Gasteiger charge is -2.36. The van der Waals surface area contributed by atoms with Crippen molar-refractivity contribution in [2.45, 2.75) is 148 Å². The number of piperidine rings is 1. The molecule has 3 fully saturated rings. The Morgan fingerprint density at radius 2 is 1.39 bits per heavy atom. The summed E-state index contributed by atoms with van der Waals surface area (Å²) in [6.45, 7) is 9.38. The van der Waals surface area contributed by atoms with Crippen LogP contribution in [-0.2, 0) is 46.6 Å². The molecular weight excluding hydrogens is 1140 g/mol. The molecule has 4 amide bonds. The van der Waals surface area contributed by atoms with Crippen LogP contribution in [0.1, 0.15) is 138 Å². The molecule has 0 aliphatic carbocycles. The van der Waals surface area contributed by atoms with Crippen molar-refractivity contribution >= 4 is 63.4 Å². The molecule has 3 saturated heterocycles. The Morgan fingerprint density at radius 3 is 2.00 bits per heavy atom. The summed E-state index contributed by atoms with van der Waals surface area (Å²) in [7, 11) is 3.76. The highest BCUT2D eigenvalue weighted by Crippen LogP contribution is 2.50. The number of hydrogen-bond acceptors (Lipinski definition) is 14. The van der Waals surface area contributed by atoms with Gasteiger partial charge in [0.15, 0.2) is 18.4 Å². The van der Waals surface area contributed by atoms with Crippen molar-refractivity contribution in [1.29, 1.82) is 0 Å². The number of esters is 1. The third-order valence-electron chi connectivity index (χ3n) is 17.2. The second-order valence-electron chi connectivity index (χ2n) is 22.9. The number of nitrogens with two attached hydrogens (primary N) is 1. The number of carbonyl (C=O) groups excluding carboxylic acids is 5. The number of nitrogens with zero attached hydrogens (tertiary/aromatic N) is 7. The number of amides is 4. The van der Waals surface area contributed by atoms with Crippen LogP contribution in [0.5, 0.6) is 0 Å². The molecule has 3 aliphatic rings. The molecule has 3 aliphatic heterocycles. The zero-order chi connectivity index (χ0) is 62.5. The normalized spacial score (nSPS) is 18.7. The number of alkyl carbamates (subject to hydrolysis) is 2. The Kier molecular flexibility index (Phi) is 19.9. The molecule has 5 heterocycles. The number of carbonyl (C=O) groups is 5. The van der Waals surface area contributed by atoms with E-state index in [2.05, 4.69) is 15.6 Å². The molecule has 4 aromatic carbocycles. The van der Waals surface area contributed by atoms with Gasteiger partial charge in [-0.25, -0.2) is 41.5 Å². The summed E-state index contributed by atoms with van der Waals surface area (Å²) in [6, 6.07) is 8.19. The Balaban J connectivity index is 1.12. The number of fused-ring (bicyclic) bond motifs is 2. The molecule has 6 aromatic rings. The molecule has 9 rings (SSSR count). The summed E-state index contributed by atoms with van der Waals surface area (Å²) in [4.78, 5) is 85.5. The molecule has 0 spiro atoms. The number of anilines is 2. The number of benzene rings is 4. The quantitative estimate of drug-likeness (QED) is 0.0299. The van der Waals surface area contributed by atoms with Crippen LogP contribution < -0.4 is 26.2 Å². The first-order valence-electron chi connectivity index (χ1n) is 29.6. The number of H-pyrrole nitrogens is 1. The molecule has 468 valence electrons. The standard InChI is InChI=1S/C62H76F5N11O9/c1-9-21-75(58(79)45(10-2)72-61(82)85-7)31-53-69-46-27-39(41(64)29-47(46)70-53)49-17-18-50(78(49)38-25-43(66)56(44(67)26-38)74-23-19-36(20-24-74)35-13-15-37(63)16-14-35)40-28-48-52(30-42(40)65)77(32-87-60(81)54(68)33(3)4)57(71-48)51-12-11-22-76(51)59(80)55(34(5)84-6)73-62(83)86-8/h13-16,25-30,33-34,36,45,49-51,54-55H,9-12,17-24,31-32,68H2,1-8H3,(H,69,70)(H,72,82)(H,73,83)/t34?,45-,49?,50+,51?,54-,55?/m0/s1. The van der Waals surface area contributed by atoms with Gasteiger partial charge in [-0.3, -0.25) is 19.0 Å². The lowest BCUT2D eigenvalue weighted by molar-refractivity contribution is -0.150. The minimum Gasteiger partial charge on any atom is -0.453 e. The average molecular weight is 1210 g/mol. The predicted molar refractivity (Wildman–Crippen MR) is 314 cm³/mol. The Morgan fingerprint density at radius 1 is 0.759 bits per heavy atom. The van der Waals surface area contributed by atoms with Gasteiger partial charge < -0.3 is 59.9 Å². The molecule has 2 aromatic heterocycles. The summed E-state index contributed by atoms with van der Waals surface area (Å²) in [5.41, 5.74) is 7.98. The van der Waals surface area contributed by atoms with Crippen LogP contribution in [-0.4, -0.2) is 131 Å². The Labute approximate surface area is 501 Å². The van der Waals surface area contributed by atoms with E-state index < -0.39 is 96.4 Å². The summed E-state index contributed by atoms with van der Waals surface area (Å²) in [5, 5.41) is 5.14. The fourth-order valence-corrected chi connectivity index (χ4v) is 12.4. The van der Waals surface area contributed by atoms with Crippen LogP contribution in [0.2, 0.25) is 0 Å². The van der Waals surface area contributed by atoms with Crippen LogP contribution in [0.15, 0.2) is 60.7 Å². The molecular formula is C62H76F5N11O9. The van der Waals surface area contributed by atoms with Crippen LogP contribution in [0, 0.1) is 35.0 Å². The van der Waals surface area contributed by atoms with Crippen molar-refractivity contribution in [3.8, 4) is 0 Å². The largest absolute Gasteiger partial charge is 0.453 e. The fraction of sp³-hybridized carbons (Fsp3) is 0.500. The van der Waals surface area contributed by atoms with Gasteiger partial charge in [0.05, 0.1) is 67.1 Å². The first-order chi connectivity index (χ1) is 41.7. The third-order valence-corrected chi connectivity index (χ3v) is 17.2. The number of ether oxygens (including phenoxy) is 4. The van der Waals surface area contributed by atoms with Gasteiger partial charge in [-0.15, -0.1) is 0 Å². The third kappa shape index (κ3) is 13.4. The van der Waals surface area contributed by atoms with Crippen LogP contribution in [0.25, 0.3) is 22.1 Å². The van der Waals surface area contributed by atoms with Crippen molar-refractivity contribution in [2.75, 3.05) is 57.3 Å². The number of hydrogen-bond donors (Lipinski definition) is 4. The van der Waals surface area contributed by atoms with Crippen LogP contribution in [0.4, 0.5) is 42.9 Å². The second kappa shape index (κ2) is 27.3.